The summed E-state index contributed by atoms with van der Waals surface area (Å²) in [5.74, 6) is 1.21. The van der Waals surface area contributed by atoms with E-state index >= 15 is 0 Å². The van der Waals surface area contributed by atoms with Gasteiger partial charge in [0.25, 0.3) is 0 Å². The number of methoxy groups -OCH3 is 2. The van der Waals surface area contributed by atoms with E-state index in [2.05, 4.69) is 0 Å². The van der Waals surface area contributed by atoms with Gasteiger partial charge in [-0.3, -0.25) is 4.79 Å². The first kappa shape index (κ1) is 20.6. The van der Waals surface area contributed by atoms with Gasteiger partial charge in [0.1, 0.15) is 11.7 Å². The number of ether oxygens (including phenoxy) is 3. The van der Waals surface area contributed by atoms with Crippen LogP contribution in [0.3, 0.4) is 0 Å². The van der Waals surface area contributed by atoms with Crippen LogP contribution in [-0.2, 0) is 9.53 Å². The Morgan fingerprint density at radius 2 is 1.69 bits per heavy atom. The van der Waals surface area contributed by atoms with Crippen LogP contribution in [0.25, 0.3) is 0 Å². The molecule has 2 aromatic carbocycles. The normalized spacial score (nSPS) is 25.9. The molecule has 1 spiro atoms. The third kappa shape index (κ3) is 3.65. The van der Waals surface area contributed by atoms with Gasteiger partial charge in [0.05, 0.1) is 14.2 Å². The fourth-order valence-electron chi connectivity index (χ4n) is 4.31. The fraction of sp³-hybridized carbons (Fsp3) is 0.435. The molecule has 0 aromatic heterocycles. The van der Waals surface area contributed by atoms with Gasteiger partial charge in [-0.25, -0.2) is 0 Å². The second kappa shape index (κ2) is 8.21. The SMILES string of the molecule is COc1ccc([C@H]2OC3(CCCCC3)C(=O)[C@@]2(Cl)Sc2ccccc2)cc1OC. The average molecular weight is 433 g/mol. The lowest BCUT2D eigenvalue weighted by Crippen LogP contribution is -2.43. The largest absolute Gasteiger partial charge is 0.493 e. The number of ketones is 1. The molecule has 4 nitrogen and oxygen atoms in total. The van der Waals surface area contributed by atoms with Crippen LogP contribution < -0.4 is 9.47 Å². The Bertz CT molecular complexity index is 882. The molecule has 1 heterocycles. The lowest BCUT2D eigenvalue weighted by atomic mass is 9.81. The maximum Gasteiger partial charge on any atom is 0.198 e. The predicted molar refractivity (Wildman–Crippen MR) is 115 cm³/mol. The minimum absolute atomic E-state index is 0.0139. The van der Waals surface area contributed by atoms with E-state index in [0.29, 0.717) is 11.5 Å². The zero-order chi connectivity index (χ0) is 20.5. The Hall–Kier alpha value is -1.69. The summed E-state index contributed by atoms with van der Waals surface area (Å²) in [5, 5.41) is 0. The Morgan fingerprint density at radius 3 is 2.34 bits per heavy atom. The van der Waals surface area contributed by atoms with Crippen molar-refractivity contribution >= 4 is 29.1 Å². The van der Waals surface area contributed by atoms with Crippen LogP contribution in [-0.4, -0.2) is 29.8 Å². The summed E-state index contributed by atoms with van der Waals surface area (Å²) in [7, 11) is 3.19. The minimum atomic E-state index is -1.24. The molecule has 6 heteroatoms. The van der Waals surface area contributed by atoms with E-state index in [0.717, 1.165) is 42.6 Å². The van der Waals surface area contributed by atoms with E-state index in [-0.39, 0.29) is 5.78 Å². The predicted octanol–water partition coefficient (Wildman–Crippen LogP) is 5.77. The Kier molecular flexibility index (Phi) is 5.83. The first-order valence-corrected chi connectivity index (χ1v) is 11.1. The number of halogens is 1. The molecule has 2 aromatic rings. The van der Waals surface area contributed by atoms with Gasteiger partial charge >= 0.3 is 0 Å². The summed E-state index contributed by atoms with van der Waals surface area (Å²) in [6.45, 7) is 0. The number of carbonyl (C=O) groups excluding carboxylic acids is 1. The van der Waals surface area contributed by atoms with E-state index in [4.69, 9.17) is 25.8 Å². The molecule has 1 aliphatic carbocycles. The van der Waals surface area contributed by atoms with Gasteiger partial charge in [0.15, 0.2) is 21.5 Å². The molecule has 0 bridgehead atoms. The topological polar surface area (TPSA) is 44.8 Å². The smallest absolute Gasteiger partial charge is 0.198 e. The van der Waals surface area contributed by atoms with Crippen LogP contribution in [0.15, 0.2) is 53.4 Å². The highest BCUT2D eigenvalue weighted by atomic mass is 35.5. The molecule has 0 unspecified atom stereocenters. The number of carbonyl (C=O) groups is 1. The van der Waals surface area contributed by atoms with Crippen molar-refractivity contribution in [2.24, 2.45) is 0 Å². The lowest BCUT2D eigenvalue weighted by molar-refractivity contribution is -0.137. The standard InChI is InChI=1S/C23H25ClO4S/c1-26-18-12-11-16(15-19(18)27-2)20-23(24,29-17-9-5-3-6-10-17)21(25)22(28-20)13-7-4-8-14-22/h3,5-6,9-12,15,20H,4,7-8,13-14H2,1-2H3/t20-,23+/m1/s1. The number of Topliss-reactive ketones (excluding diaryl/α,β-unsaturated/α-hetero) is 1. The first-order chi connectivity index (χ1) is 14.0. The van der Waals surface area contributed by atoms with Crippen LogP contribution in [0, 0.1) is 0 Å². The summed E-state index contributed by atoms with van der Waals surface area (Å²) < 4.78 is 16.1. The highest BCUT2D eigenvalue weighted by Crippen LogP contribution is 2.59. The summed E-state index contributed by atoms with van der Waals surface area (Å²) in [5.41, 5.74) is 0.0106. The summed E-state index contributed by atoms with van der Waals surface area (Å²) in [6.07, 6.45) is 3.94. The minimum Gasteiger partial charge on any atom is -0.493 e. The van der Waals surface area contributed by atoms with E-state index in [9.17, 15) is 4.79 Å². The molecular weight excluding hydrogens is 408 g/mol. The van der Waals surface area contributed by atoms with Crippen molar-refractivity contribution in [3.8, 4) is 11.5 Å². The van der Waals surface area contributed by atoms with Crippen molar-refractivity contribution < 1.29 is 19.0 Å². The molecule has 1 aliphatic heterocycles. The quantitative estimate of drug-likeness (QED) is 0.561. The van der Waals surface area contributed by atoms with Crippen molar-refractivity contribution in [2.75, 3.05) is 14.2 Å². The van der Waals surface area contributed by atoms with Gasteiger partial charge in [-0.1, -0.05) is 66.9 Å². The second-order valence-corrected chi connectivity index (χ2v) is 9.70. The maximum atomic E-state index is 13.7. The number of hydrogen-bond donors (Lipinski definition) is 0. The Morgan fingerprint density at radius 1 is 1.00 bits per heavy atom. The third-order valence-corrected chi connectivity index (χ3v) is 7.59. The fourth-order valence-corrected chi connectivity index (χ4v) is 6.13. The average Bonchev–Trinajstić information content (AvgIpc) is 2.96. The van der Waals surface area contributed by atoms with Crippen molar-refractivity contribution in [1.82, 2.24) is 0 Å². The number of thioether (sulfide) groups is 1. The zero-order valence-corrected chi connectivity index (χ0v) is 18.2. The molecule has 2 aliphatic rings. The molecule has 29 heavy (non-hydrogen) atoms. The van der Waals surface area contributed by atoms with Crippen LogP contribution in [0.2, 0.25) is 0 Å². The van der Waals surface area contributed by atoms with Crippen molar-refractivity contribution in [1.29, 1.82) is 0 Å². The lowest BCUT2D eigenvalue weighted by Gasteiger charge is -2.31. The van der Waals surface area contributed by atoms with Crippen molar-refractivity contribution in [2.45, 2.75) is 52.9 Å². The van der Waals surface area contributed by atoms with E-state index < -0.39 is 15.9 Å². The molecule has 2 atom stereocenters. The van der Waals surface area contributed by atoms with Crippen LogP contribution >= 0.6 is 23.4 Å². The van der Waals surface area contributed by atoms with Gasteiger partial charge < -0.3 is 14.2 Å². The van der Waals surface area contributed by atoms with Gasteiger partial charge in [0, 0.05) is 4.90 Å². The van der Waals surface area contributed by atoms with Crippen molar-refractivity contribution in [3.63, 3.8) is 0 Å². The molecule has 154 valence electrons. The molecule has 1 saturated carbocycles. The monoisotopic (exact) mass is 432 g/mol. The third-order valence-electron chi connectivity index (χ3n) is 5.79. The molecule has 0 N–H and O–H groups in total. The van der Waals surface area contributed by atoms with E-state index in [1.807, 2.05) is 48.5 Å². The highest BCUT2D eigenvalue weighted by Gasteiger charge is 2.64. The number of benzene rings is 2. The number of hydrogen-bond acceptors (Lipinski definition) is 5. The number of alkyl halides is 1. The Labute approximate surface area is 180 Å². The molecule has 0 radical (unpaired) electrons. The maximum absolute atomic E-state index is 13.7. The number of rotatable bonds is 5. The van der Waals surface area contributed by atoms with Crippen molar-refractivity contribution in [3.05, 3.63) is 54.1 Å². The van der Waals surface area contributed by atoms with Crippen LogP contribution in [0.5, 0.6) is 11.5 Å². The van der Waals surface area contributed by atoms with Gasteiger partial charge in [-0.05, 0) is 42.7 Å². The van der Waals surface area contributed by atoms with E-state index in [1.54, 1.807) is 14.2 Å². The Balaban J connectivity index is 1.77. The van der Waals surface area contributed by atoms with Crippen LogP contribution in [0.1, 0.15) is 43.8 Å². The molecular formula is C23H25ClO4S. The van der Waals surface area contributed by atoms with Gasteiger partial charge in [0.2, 0.25) is 0 Å². The molecule has 0 amide bonds. The molecule has 1 saturated heterocycles. The summed E-state index contributed by atoms with van der Waals surface area (Å²) in [6, 6.07) is 15.4. The zero-order valence-electron chi connectivity index (χ0n) is 16.7. The van der Waals surface area contributed by atoms with Gasteiger partial charge in [-0.15, -0.1) is 0 Å². The van der Waals surface area contributed by atoms with Crippen LogP contribution in [0.4, 0.5) is 0 Å². The summed E-state index contributed by atoms with van der Waals surface area (Å²) >= 11 is 8.54. The van der Waals surface area contributed by atoms with E-state index in [1.165, 1.54) is 11.8 Å². The molecule has 2 fully saturated rings. The highest BCUT2D eigenvalue weighted by molar-refractivity contribution is 8.02. The first-order valence-electron chi connectivity index (χ1n) is 9.90. The summed E-state index contributed by atoms with van der Waals surface area (Å²) in [4.78, 5) is 14.7. The molecule has 4 rings (SSSR count). The second-order valence-electron chi connectivity index (χ2n) is 7.56. The van der Waals surface area contributed by atoms with Gasteiger partial charge in [-0.2, -0.15) is 0 Å².